The maximum Gasteiger partial charge on any atom is 0.288 e. The lowest BCUT2D eigenvalue weighted by Gasteiger charge is -2.28. The quantitative estimate of drug-likeness (QED) is 0.693. The molecule has 0 saturated carbocycles. The Morgan fingerprint density at radius 2 is 2.00 bits per heavy atom. The smallest absolute Gasteiger partial charge is 0.288 e. The van der Waals surface area contributed by atoms with Gasteiger partial charge in [-0.05, 0) is 41.9 Å². The van der Waals surface area contributed by atoms with Gasteiger partial charge in [-0.1, -0.05) is 24.3 Å². The van der Waals surface area contributed by atoms with E-state index < -0.39 is 0 Å². The Morgan fingerprint density at radius 1 is 1.14 bits per heavy atom. The lowest BCUT2D eigenvalue weighted by atomic mass is 10.0. The minimum atomic E-state index is 0.366. The van der Waals surface area contributed by atoms with Gasteiger partial charge in [-0.3, -0.25) is 4.90 Å². The van der Waals surface area contributed by atoms with Gasteiger partial charge in [-0.15, -0.1) is 5.10 Å². The number of hydrogen-bond acceptors (Lipinski definition) is 5. The van der Waals surface area contributed by atoms with E-state index in [9.17, 15) is 0 Å². The molecule has 4 rings (SSSR count). The first kappa shape index (κ1) is 13.5. The molecule has 0 N–H and O–H groups in total. The zero-order valence-corrected chi connectivity index (χ0v) is 12.8. The monoisotopic (exact) mass is 313 g/mol. The van der Waals surface area contributed by atoms with E-state index in [-0.39, 0.29) is 0 Å². The highest BCUT2D eigenvalue weighted by Gasteiger charge is 2.18. The van der Waals surface area contributed by atoms with Crippen molar-refractivity contribution in [1.29, 1.82) is 0 Å². The summed E-state index contributed by atoms with van der Waals surface area (Å²) in [5, 5.41) is 4.41. The van der Waals surface area contributed by atoms with Crippen LogP contribution in [0.4, 0.5) is 0 Å². The van der Waals surface area contributed by atoms with Crippen molar-refractivity contribution >= 4 is 12.2 Å². The van der Waals surface area contributed by atoms with Crippen molar-refractivity contribution in [2.45, 2.75) is 19.6 Å². The molecule has 0 unspecified atom stereocenters. The minimum Gasteiger partial charge on any atom is -0.459 e. The van der Waals surface area contributed by atoms with Crippen LogP contribution >= 0.6 is 12.2 Å². The summed E-state index contributed by atoms with van der Waals surface area (Å²) >= 11 is 5.26. The minimum absolute atomic E-state index is 0.366. The summed E-state index contributed by atoms with van der Waals surface area (Å²) in [6.07, 6.45) is 2.64. The van der Waals surface area contributed by atoms with Crippen LogP contribution in [-0.4, -0.2) is 21.2 Å². The fourth-order valence-electron chi connectivity index (χ4n) is 2.76. The number of fused-ring (bicyclic) bond motifs is 1. The van der Waals surface area contributed by atoms with Gasteiger partial charge < -0.3 is 8.83 Å². The molecule has 0 fully saturated rings. The molecule has 0 saturated heterocycles. The number of rotatable bonds is 3. The van der Waals surface area contributed by atoms with Gasteiger partial charge in [-0.25, -0.2) is 4.68 Å². The third-order valence-corrected chi connectivity index (χ3v) is 4.18. The van der Waals surface area contributed by atoms with E-state index in [0.29, 0.717) is 23.2 Å². The van der Waals surface area contributed by atoms with E-state index in [0.717, 1.165) is 19.5 Å². The highest BCUT2D eigenvalue weighted by atomic mass is 32.1. The largest absolute Gasteiger partial charge is 0.459 e. The van der Waals surface area contributed by atoms with Crippen LogP contribution in [0.1, 0.15) is 11.1 Å². The molecule has 112 valence electrons. The van der Waals surface area contributed by atoms with Crippen molar-refractivity contribution in [3.05, 3.63) is 58.6 Å². The average molecular weight is 313 g/mol. The van der Waals surface area contributed by atoms with Crippen molar-refractivity contribution in [3.8, 4) is 11.7 Å². The summed E-state index contributed by atoms with van der Waals surface area (Å²) in [5.74, 6) is 1.02. The molecule has 0 aliphatic carbocycles. The number of nitrogens with zero attached hydrogens (tertiary/aromatic N) is 3. The lowest BCUT2D eigenvalue weighted by Crippen LogP contribution is -2.32. The first-order valence-corrected chi connectivity index (χ1v) is 7.61. The molecule has 2 aromatic heterocycles. The van der Waals surface area contributed by atoms with Crippen LogP contribution in [0.5, 0.6) is 0 Å². The van der Waals surface area contributed by atoms with Crippen LogP contribution in [0.15, 0.2) is 51.5 Å². The van der Waals surface area contributed by atoms with Gasteiger partial charge in [0, 0.05) is 13.1 Å². The van der Waals surface area contributed by atoms with Crippen LogP contribution < -0.4 is 0 Å². The molecule has 6 heteroatoms. The summed E-state index contributed by atoms with van der Waals surface area (Å²) in [6.45, 7) is 2.51. The number of hydrogen-bond donors (Lipinski definition) is 0. The summed E-state index contributed by atoms with van der Waals surface area (Å²) in [4.78, 5) is 2.68. The van der Waals surface area contributed by atoms with Crippen molar-refractivity contribution in [2.75, 3.05) is 6.54 Å². The van der Waals surface area contributed by atoms with E-state index in [1.54, 1.807) is 17.0 Å². The molecular weight excluding hydrogens is 298 g/mol. The molecule has 3 heterocycles. The Bertz CT molecular complexity index is 835. The van der Waals surface area contributed by atoms with Crippen molar-refractivity contribution in [1.82, 2.24) is 14.7 Å². The highest BCUT2D eigenvalue weighted by Crippen LogP contribution is 2.21. The van der Waals surface area contributed by atoms with Crippen LogP contribution in [0.2, 0.25) is 0 Å². The second-order valence-electron chi connectivity index (χ2n) is 5.36. The molecular formula is C16H15N3O2S. The highest BCUT2D eigenvalue weighted by molar-refractivity contribution is 7.71. The van der Waals surface area contributed by atoms with Gasteiger partial charge in [-0.2, -0.15) is 0 Å². The Kier molecular flexibility index (Phi) is 3.40. The van der Waals surface area contributed by atoms with Crippen molar-refractivity contribution in [3.63, 3.8) is 0 Å². The van der Waals surface area contributed by atoms with Crippen molar-refractivity contribution < 1.29 is 8.83 Å². The topological polar surface area (TPSA) is 47.3 Å². The van der Waals surface area contributed by atoms with Gasteiger partial charge in [0.1, 0.15) is 0 Å². The number of benzene rings is 1. The van der Waals surface area contributed by atoms with Gasteiger partial charge in [0.25, 0.3) is 10.7 Å². The predicted octanol–water partition coefficient (Wildman–Crippen LogP) is 3.48. The lowest BCUT2D eigenvalue weighted by molar-refractivity contribution is 0.186. The molecule has 5 nitrogen and oxygen atoms in total. The summed E-state index contributed by atoms with van der Waals surface area (Å²) < 4.78 is 12.5. The van der Waals surface area contributed by atoms with Gasteiger partial charge in [0.05, 0.1) is 12.9 Å². The summed E-state index contributed by atoms with van der Waals surface area (Å²) in [7, 11) is 0. The summed E-state index contributed by atoms with van der Waals surface area (Å²) in [5.41, 5.74) is 2.80. The Balaban J connectivity index is 1.54. The SMILES string of the molecule is S=c1oc(-c2ccco2)nn1CN1CCc2ccccc2C1. The molecule has 22 heavy (non-hydrogen) atoms. The van der Waals surface area contributed by atoms with Gasteiger partial charge in [0.2, 0.25) is 0 Å². The number of aromatic nitrogens is 2. The van der Waals surface area contributed by atoms with Crippen LogP contribution in [0, 0.1) is 4.84 Å². The van der Waals surface area contributed by atoms with E-state index in [4.69, 9.17) is 21.1 Å². The number of furan rings is 1. The third-order valence-electron chi connectivity index (χ3n) is 3.88. The zero-order chi connectivity index (χ0) is 14.9. The maximum absolute atomic E-state index is 5.52. The molecule has 1 aliphatic rings. The van der Waals surface area contributed by atoms with Crippen molar-refractivity contribution in [2.24, 2.45) is 0 Å². The fourth-order valence-corrected chi connectivity index (χ4v) is 2.94. The summed E-state index contributed by atoms with van der Waals surface area (Å²) in [6, 6.07) is 12.2. The van der Waals surface area contributed by atoms with Crippen LogP contribution in [0.3, 0.4) is 0 Å². The zero-order valence-electron chi connectivity index (χ0n) is 11.9. The van der Waals surface area contributed by atoms with Crippen LogP contribution in [0.25, 0.3) is 11.7 Å². The second kappa shape index (κ2) is 5.55. The molecule has 0 spiro atoms. The average Bonchev–Trinajstić information content (AvgIpc) is 3.18. The Hall–Kier alpha value is -2.18. The first-order valence-electron chi connectivity index (χ1n) is 7.20. The molecule has 3 aromatic rings. The second-order valence-corrected chi connectivity index (χ2v) is 5.71. The normalized spacial score (nSPS) is 14.9. The van der Waals surface area contributed by atoms with Gasteiger partial charge in [0.15, 0.2) is 5.76 Å². The Morgan fingerprint density at radius 3 is 2.82 bits per heavy atom. The molecule has 0 amide bonds. The first-order chi connectivity index (χ1) is 10.8. The molecule has 0 radical (unpaired) electrons. The van der Waals surface area contributed by atoms with E-state index in [1.807, 2.05) is 6.07 Å². The molecule has 1 aliphatic heterocycles. The van der Waals surface area contributed by atoms with E-state index >= 15 is 0 Å². The van der Waals surface area contributed by atoms with Gasteiger partial charge >= 0.3 is 0 Å². The predicted molar refractivity (Wildman–Crippen MR) is 83.6 cm³/mol. The van der Waals surface area contributed by atoms with E-state index in [2.05, 4.69) is 34.3 Å². The standard InChI is InChI=1S/C16H15N3O2S/c22-16-19(17-15(21-16)14-6-3-9-20-14)11-18-8-7-12-4-1-2-5-13(12)10-18/h1-6,9H,7-8,10-11H2. The molecule has 1 aromatic carbocycles. The third kappa shape index (κ3) is 2.51. The fraction of sp³-hybridized carbons (Fsp3) is 0.250. The molecule has 0 bridgehead atoms. The Labute approximate surface area is 132 Å². The maximum atomic E-state index is 5.52. The van der Waals surface area contributed by atoms with Crippen LogP contribution in [-0.2, 0) is 19.6 Å². The van der Waals surface area contributed by atoms with E-state index in [1.165, 1.54) is 11.1 Å². The molecule has 0 atom stereocenters.